The number of benzene rings is 1. The summed E-state index contributed by atoms with van der Waals surface area (Å²) in [6, 6.07) is 3.94. The molecular weight excluding hydrogens is 284 g/mol. The van der Waals surface area contributed by atoms with Gasteiger partial charge in [-0.05, 0) is 29.3 Å². The number of ether oxygens (including phenoxy) is 4. The maximum absolute atomic E-state index is 5.36. The van der Waals surface area contributed by atoms with Crippen LogP contribution >= 0.6 is 0 Å². The summed E-state index contributed by atoms with van der Waals surface area (Å²) in [6.45, 7) is 0.436. The Bertz CT molecular complexity index is 566. The quantitative estimate of drug-likeness (QED) is 0.813. The summed E-state index contributed by atoms with van der Waals surface area (Å²) >= 11 is 0. The maximum atomic E-state index is 5.36. The molecule has 1 N–H and O–H groups in total. The van der Waals surface area contributed by atoms with Crippen molar-refractivity contribution in [1.29, 1.82) is 0 Å². The molecule has 0 unspecified atom stereocenters. The average molecular weight is 306 g/mol. The number of hydrogen-bond acceptors (Lipinski definition) is 5. The van der Waals surface area contributed by atoms with Gasteiger partial charge >= 0.3 is 0 Å². The van der Waals surface area contributed by atoms with Crippen LogP contribution in [0.25, 0.3) is 6.08 Å². The maximum Gasteiger partial charge on any atom is 0.176 e. The fourth-order valence-corrected chi connectivity index (χ4v) is 2.24. The Kier molecular flexibility index (Phi) is 5.80. The highest BCUT2D eigenvalue weighted by molar-refractivity contribution is 5.88. The summed E-state index contributed by atoms with van der Waals surface area (Å²) in [7, 11) is 6.46. The van der Waals surface area contributed by atoms with Crippen molar-refractivity contribution in [3.05, 3.63) is 29.5 Å². The molecule has 0 fully saturated rings. The van der Waals surface area contributed by atoms with E-state index in [0.29, 0.717) is 24.5 Å². The molecule has 6 nitrogen and oxygen atoms in total. The highest BCUT2D eigenvalue weighted by Crippen LogP contribution is 2.32. The number of amidine groups is 1. The first kappa shape index (κ1) is 16.3. The zero-order chi connectivity index (χ0) is 15.9. The van der Waals surface area contributed by atoms with Gasteiger partial charge in [0.05, 0.1) is 20.8 Å². The molecule has 0 saturated carbocycles. The molecule has 0 atom stereocenters. The number of fused-ring (bicyclic) bond motifs is 1. The Morgan fingerprint density at radius 1 is 1.09 bits per heavy atom. The Labute approximate surface area is 130 Å². The number of nitrogens with one attached hydrogen (secondary N) is 1. The molecule has 0 aliphatic carbocycles. The van der Waals surface area contributed by atoms with Crippen molar-refractivity contribution in [3.8, 4) is 11.5 Å². The Morgan fingerprint density at radius 2 is 1.77 bits per heavy atom. The molecular formula is C16H22N2O4. The molecule has 0 radical (unpaired) electrons. The van der Waals surface area contributed by atoms with E-state index in [9.17, 15) is 0 Å². The van der Waals surface area contributed by atoms with Gasteiger partial charge in [0.25, 0.3) is 0 Å². The second-order valence-electron chi connectivity index (χ2n) is 4.75. The van der Waals surface area contributed by atoms with Crippen molar-refractivity contribution in [2.24, 2.45) is 4.99 Å². The third-order valence-corrected chi connectivity index (χ3v) is 3.47. The van der Waals surface area contributed by atoms with Gasteiger partial charge in [0.1, 0.15) is 5.84 Å². The van der Waals surface area contributed by atoms with E-state index in [4.69, 9.17) is 18.9 Å². The van der Waals surface area contributed by atoms with Gasteiger partial charge in [-0.3, -0.25) is 4.99 Å². The van der Waals surface area contributed by atoms with Crippen molar-refractivity contribution in [1.82, 2.24) is 5.32 Å². The Balaban J connectivity index is 2.23. The number of methoxy groups -OCH3 is 4. The van der Waals surface area contributed by atoms with Crippen LogP contribution in [0.4, 0.5) is 0 Å². The lowest BCUT2D eigenvalue weighted by Crippen LogP contribution is -2.23. The zero-order valence-corrected chi connectivity index (χ0v) is 13.4. The van der Waals surface area contributed by atoms with Crippen LogP contribution in [0.5, 0.6) is 11.5 Å². The highest BCUT2D eigenvalue weighted by Gasteiger charge is 2.14. The summed E-state index contributed by atoms with van der Waals surface area (Å²) in [5.74, 6) is 2.27. The third kappa shape index (κ3) is 3.78. The summed E-state index contributed by atoms with van der Waals surface area (Å²) in [6.07, 6.45) is 4.18. The van der Waals surface area contributed by atoms with E-state index in [-0.39, 0.29) is 6.29 Å². The van der Waals surface area contributed by atoms with Crippen LogP contribution in [0.3, 0.4) is 0 Å². The van der Waals surface area contributed by atoms with Gasteiger partial charge in [-0.2, -0.15) is 0 Å². The zero-order valence-electron chi connectivity index (χ0n) is 13.4. The van der Waals surface area contributed by atoms with E-state index < -0.39 is 0 Å². The molecule has 1 aromatic rings. The second-order valence-corrected chi connectivity index (χ2v) is 4.75. The van der Waals surface area contributed by atoms with Crippen LogP contribution in [0, 0.1) is 0 Å². The van der Waals surface area contributed by atoms with Crippen molar-refractivity contribution in [3.63, 3.8) is 0 Å². The molecule has 2 rings (SSSR count). The minimum Gasteiger partial charge on any atom is -0.493 e. The molecule has 1 aromatic carbocycles. The Hall–Kier alpha value is -2.05. The minimum absolute atomic E-state index is 0.341. The molecule has 0 bridgehead atoms. The standard InChI is InChI=1S/C16H22N2O4/c1-19-13-7-11-5-6-17-15(18-10-16(21-3)22-4)9-12(11)8-14(13)20-2/h5-8,16H,9-10H2,1-4H3,(H,17,18). The van der Waals surface area contributed by atoms with Crippen LogP contribution in [0.2, 0.25) is 0 Å². The molecule has 1 heterocycles. The molecule has 0 spiro atoms. The summed E-state index contributed by atoms with van der Waals surface area (Å²) in [5.41, 5.74) is 2.19. The first-order valence-corrected chi connectivity index (χ1v) is 6.98. The largest absolute Gasteiger partial charge is 0.493 e. The first-order chi connectivity index (χ1) is 10.7. The number of aliphatic imine (C=N–C) groups is 1. The van der Waals surface area contributed by atoms with Crippen LogP contribution < -0.4 is 14.8 Å². The lowest BCUT2D eigenvalue weighted by molar-refractivity contribution is -0.0937. The first-order valence-electron chi connectivity index (χ1n) is 6.98. The summed E-state index contributed by atoms with van der Waals surface area (Å²) in [5, 5.41) is 3.18. The van der Waals surface area contributed by atoms with E-state index >= 15 is 0 Å². The van der Waals surface area contributed by atoms with Gasteiger partial charge in [0, 0.05) is 26.8 Å². The predicted molar refractivity (Wildman–Crippen MR) is 85.5 cm³/mol. The van der Waals surface area contributed by atoms with Crippen LogP contribution in [0.15, 0.2) is 23.3 Å². The highest BCUT2D eigenvalue weighted by atomic mass is 16.7. The van der Waals surface area contributed by atoms with Crippen molar-refractivity contribution < 1.29 is 18.9 Å². The molecule has 22 heavy (non-hydrogen) atoms. The van der Waals surface area contributed by atoms with Gasteiger partial charge in [-0.15, -0.1) is 0 Å². The smallest absolute Gasteiger partial charge is 0.176 e. The number of rotatable bonds is 6. The van der Waals surface area contributed by atoms with E-state index in [1.54, 1.807) is 28.4 Å². The van der Waals surface area contributed by atoms with E-state index in [1.165, 1.54) is 0 Å². The molecule has 0 aromatic heterocycles. The van der Waals surface area contributed by atoms with E-state index in [0.717, 1.165) is 17.0 Å². The van der Waals surface area contributed by atoms with Crippen LogP contribution in [-0.2, 0) is 15.9 Å². The van der Waals surface area contributed by atoms with E-state index in [2.05, 4.69) is 10.3 Å². The normalized spacial score (nSPS) is 15.4. The van der Waals surface area contributed by atoms with Gasteiger partial charge in [-0.1, -0.05) is 0 Å². The SMILES string of the molecule is COc1cc2c(cc1OC)CC(=NCC(OC)OC)NC=C2. The number of hydrogen-bond donors (Lipinski definition) is 1. The van der Waals surface area contributed by atoms with Crippen molar-refractivity contribution >= 4 is 11.9 Å². The topological polar surface area (TPSA) is 61.3 Å². The van der Waals surface area contributed by atoms with Crippen molar-refractivity contribution in [2.45, 2.75) is 12.7 Å². The number of nitrogens with zero attached hydrogens (tertiary/aromatic N) is 1. The lowest BCUT2D eigenvalue weighted by Gasteiger charge is -2.13. The predicted octanol–water partition coefficient (Wildman–Crippen LogP) is 1.84. The van der Waals surface area contributed by atoms with Gasteiger partial charge < -0.3 is 24.3 Å². The minimum atomic E-state index is -0.341. The van der Waals surface area contributed by atoms with Gasteiger partial charge in [0.2, 0.25) is 0 Å². The monoisotopic (exact) mass is 306 g/mol. The summed E-state index contributed by atoms with van der Waals surface area (Å²) in [4.78, 5) is 4.51. The lowest BCUT2D eigenvalue weighted by atomic mass is 10.0. The van der Waals surface area contributed by atoms with E-state index in [1.807, 2.05) is 24.4 Å². The molecule has 120 valence electrons. The van der Waals surface area contributed by atoms with Gasteiger partial charge in [-0.25, -0.2) is 0 Å². The average Bonchev–Trinajstić information content (AvgIpc) is 2.75. The fourth-order valence-electron chi connectivity index (χ4n) is 2.24. The van der Waals surface area contributed by atoms with Gasteiger partial charge in [0.15, 0.2) is 17.8 Å². The summed E-state index contributed by atoms with van der Waals surface area (Å²) < 4.78 is 21.0. The van der Waals surface area contributed by atoms with Crippen molar-refractivity contribution in [2.75, 3.05) is 35.0 Å². The molecule has 1 aliphatic heterocycles. The fraction of sp³-hybridized carbons (Fsp3) is 0.438. The molecule has 6 heteroatoms. The third-order valence-electron chi connectivity index (χ3n) is 3.47. The molecule has 0 saturated heterocycles. The second kappa shape index (κ2) is 7.82. The Morgan fingerprint density at radius 3 is 2.41 bits per heavy atom. The van der Waals surface area contributed by atoms with Crippen LogP contribution in [-0.4, -0.2) is 47.1 Å². The molecule has 0 amide bonds. The molecule has 1 aliphatic rings. The van der Waals surface area contributed by atoms with Crippen LogP contribution in [0.1, 0.15) is 11.1 Å².